The van der Waals surface area contributed by atoms with Crippen LogP contribution in [0.2, 0.25) is 0 Å². The Morgan fingerprint density at radius 2 is 1.09 bits per heavy atom. The zero-order chi connectivity index (χ0) is 37.0. The Morgan fingerprint density at radius 1 is 0.491 bits per heavy atom. The second-order valence-electron chi connectivity index (χ2n) is 14.6. The number of fused-ring (bicyclic) bond motifs is 4. The average Bonchev–Trinajstić information content (AvgIpc) is 3.17. The van der Waals surface area contributed by atoms with E-state index in [1.807, 2.05) is 48.9 Å². The monoisotopic (exact) mass is 771 g/mol. The first-order valence-corrected chi connectivity index (χ1v) is 18.7. The predicted octanol–water partition coefficient (Wildman–Crippen LogP) is 15.2. The number of benzene rings is 3. The third-order valence-corrected chi connectivity index (χ3v) is 9.06. The van der Waals surface area contributed by atoms with Crippen molar-refractivity contribution in [3.05, 3.63) is 144 Å². The lowest BCUT2D eigenvalue weighted by molar-refractivity contribution is 0.783. The third kappa shape index (κ3) is 14.3. The molecule has 0 spiro atoms. The summed E-state index contributed by atoms with van der Waals surface area (Å²) in [6.45, 7) is 18.4. The van der Waals surface area contributed by atoms with Gasteiger partial charge in [-0.2, -0.15) is 0 Å². The predicted molar refractivity (Wildman–Crippen MR) is 254 cm³/mol. The molecule has 1 N–H and O–H groups in total. The van der Waals surface area contributed by atoms with Crippen molar-refractivity contribution >= 4 is 38.4 Å². The highest BCUT2D eigenvalue weighted by molar-refractivity contribution is 5.84. The molecule has 0 amide bonds. The number of pyridine rings is 3. The van der Waals surface area contributed by atoms with Crippen LogP contribution < -0.4 is 5.32 Å². The zero-order valence-corrected chi connectivity index (χ0v) is 32.1. The molecule has 3 aromatic carbocycles. The lowest BCUT2D eigenvalue weighted by Crippen LogP contribution is -2.14. The smallest absolute Gasteiger partial charge is 0.129 e. The normalized spacial score (nSPS) is 11.0. The average molecular weight is 771 g/mol. The molecule has 57 heavy (non-hydrogen) atoms. The summed E-state index contributed by atoms with van der Waals surface area (Å²) < 4.78 is 0. The summed E-state index contributed by atoms with van der Waals surface area (Å²) in [4.78, 5) is 22.3. The molecule has 0 radical (unpaired) electrons. The van der Waals surface area contributed by atoms with E-state index >= 15 is 0 Å². The van der Waals surface area contributed by atoms with Crippen LogP contribution in [0.3, 0.4) is 0 Å². The van der Waals surface area contributed by atoms with Crippen molar-refractivity contribution in [2.45, 2.75) is 129 Å². The Hall–Kier alpha value is -5.23. The lowest BCUT2D eigenvalue weighted by atomic mass is 10.0. The molecule has 0 atom stereocenters. The fourth-order valence-electron chi connectivity index (χ4n) is 5.93. The summed E-state index contributed by atoms with van der Waals surface area (Å²) in [6.07, 6.45) is 8.10. The Bertz CT molecular complexity index is 2090. The number of para-hydroxylation sites is 2. The van der Waals surface area contributed by atoms with Crippen LogP contribution in [0.5, 0.6) is 0 Å². The molecular formula is C51H74N6. The van der Waals surface area contributed by atoms with Crippen molar-refractivity contribution in [2.24, 2.45) is 0 Å². The van der Waals surface area contributed by atoms with Crippen molar-refractivity contribution in [3.63, 3.8) is 0 Å². The largest absolute Gasteiger partial charge is 0.370 e. The summed E-state index contributed by atoms with van der Waals surface area (Å²) in [5, 5.41) is 8.40. The van der Waals surface area contributed by atoms with Crippen molar-refractivity contribution < 1.29 is 0 Å². The molecule has 6 nitrogen and oxygen atoms in total. The highest BCUT2D eigenvalue weighted by atomic mass is 15.0. The van der Waals surface area contributed by atoms with E-state index in [1.54, 1.807) is 0 Å². The first kappa shape index (κ1) is 51.8. The van der Waals surface area contributed by atoms with Gasteiger partial charge in [0.25, 0.3) is 0 Å². The van der Waals surface area contributed by atoms with Crippen molar-refractivity contribution in [1.82, 2.24) is 24.9 Å². The van der Waals surface area contributed by atoms with E-state index in [9.17, 15) is 0 Å². The topological polar surface area (TPSA) is 76.5 Å². The summed E-state index contributed by atoms with van der Waals surface area (Å²) in [6, 6.07) is 33.2. The van der Waals surface area contributed by atoms with E-state index in [0.29, 0.717) is 23.7 Å². The van der Waals surface area contributed by atoms with E-state index in [1.165, 1.54) is 57.0 Å². The number of aromatic nitrogens is 5. The van der Waals surface area contributed by atoms with E-state index < -0.39 is 0 Å². The minimum absolute atomic E-state index is 0. The van der Waals surface area contributed by atoms with E-state index in [4.69, 9.17) is 0 Å². The summed E-state index contributed by atoms with van der Waals surface area (Å²) in [7, 11) is 0. The minimum atomic E-state index is 0. The molecule has 8 rings (SSSR count). The highest BCUT2D eigenvalue weighted by Gasteiger charge is 2.11. The zero-order valence-electron chi connectivity index (χ0n) is 32.1. The number of anilines is 1. The van der Waals surface area contributed by atoms with Gasteiger partial charge in [0.1, 0.15) is 5.82 Å². The quantitative estimate of drug-likeness (QED) is 0.192. The van der Waals surface area contributed by atoms with Crippen LogP contribution in [0.15, 0.2) is 116 Å². The van der Waals surface area contributed by atoms with E-state index in [-0.39, 0.29) is 37.1 Å². The Balaban J connectivity index is 0.000000713. The first-order chi connectivity index (χ1) is 25.1. The molecule has 6 heteroatoms. The highest BCUT2D eigenvalue weighted by Crippen LogP contribution is 2.24. The van der Waals surface area contributed by atoms with E-state index in [2.05, 4.69) is 152 Å². The van der Waals surface area contributed by atoms with Crippen LogP contribution in [0.25, 0.3) is 32.6 Å². The van der Waals surface area contributed by atoms with Gasteiger partial charge in [-0.05, 0) is 83.2 Å². The molecule has 1 aliphatic heterocycles. The van der Waals surface area contributed by atoms with Gasteiger partial charge in [0.05, 0.1) is 22.4 Å². The van der Waals surface area contributed by atoms with Gasteiger partial charge in [0.2, 0.25) is 0 Å². The molecule has 5 heterocycles. The number of aryl methyl sites for hydroxylation is 1. The Kier molecular flexibility index (Phi) is 22.8. The van der Waals surface area contributed by atoms with Crippen LogP contribution in [0, 0.1) is 0 Å². The molecule has 7 aromatic rings. The second-order valence-corrected chi connectivity index (χ2v) is 14.6. The maximum atomic E-state index is 4.60. The number of nitrogens with zero attached hydrogens (tertiary/aromatic N) is 5. The third-order valence-electron chi connectivity index (χ3n) is 9.06. The Morgan fingerprint density at radius 3 is 1.74 bits per heavy atom. The molecular weight excluding hydrogens is 697 g/mol. The van der Waals surface area contributed by atoms with Crippen LogP contribution in [-0.2, 0) is 6.42 Å². The Labute approximate surface area is 347 Å². The standard InChI is InChI=1S/2C12H13N.C11H16N2.C11H12N2.5CH4/c1-9(2)12-7-10-5-3-4-6-11(10)8-13-12;1-9(2)12-11-6-4-3-5-10(11)7-8-13-12;1-8(2)10-6-5-9-4-3-7-12-11(9)13-10;1-8(2)11-7-12-9-5-3-4-6-10(9)13-11;;;;;/h2*3-9H,1-2H3;5-6,8H,3-4,7H2,1-2H3,(H,12,13);3-8H,1-2H3;5*1H4. The van der Waals surface area contributed by atoms with Gasteiger partial charge in [-0.3, -0.25) is 15.0 Å². The first-order valence-electron chi connectivity index (χ1n) is 18.7. The van der Waals surface area contributed by atoms with Gasteiger partial charge in [-0.25, -0.2) is 9.97 Å². The van der Waals surface area contributed by atoms with Gasteiger partial charge >= 0.3 is 0 Å². The molecule has 0 saturated heterocycles. The van der Waals surface area contributed by atoms with E-state index in [0.717, 1.165) is 29.1 Å². The number of hydrogen-bond acceptors (Lipinski definition) is 6. The van der Waals surface area contributed by atoms with Crippen molar-refractivity contribution in [3.8, 4) is 0 Å². The fourth-order valence-corrected chi connectivity index (χ4v) is 5.93. The molecule has 0 unspecified atom stereocenters. The molecule has 4 aromatic heterocycles. The molecule has 0 fully saturated rings. The maximum Gasteiger partial charge on any atom is 0.129 e. The summed E-state index contributed by atoms with van der Waals surface area (Å²) >= 11 is 0. The summed E-state index contributed by atoms with van der Waals surface area (Å²) in [5.74, 6) is 3.07. The molecule has 308 valence electrons. The van der Waals surface area contributed by atoms with Gasteiger partial charge in [-0.1, -0.05) is 159 Å². The van der Waals surface area contributed by atoms with Crippen LogP contribution in [0.4, 0.5) is 5.82 Å². The van der Waals surface area contributed by atoms with Crippen LogP contribution >= 0.6 is 0 Å². The molecule has 0 aliphatic carbocycles. The SMILES string of the molecule is C.C.C.C.C.CC(C)c1cc2ccccc2cn1.CC(C)c1ccc2c(n1)NCCC2.CC(C)c1cnc2ccccc2n1.CC(C)c1nccc2ccccc12. The minimum Gasteiger partial charge on any atom is -0.370 e. The van der Waals surface area contributed by atoms with Gasteiger partial charge in [-0.15, -0.1) is 0 Å². The number of rotatable bonds is 4. The number of hydrogen-bond donors (Lipinski definition) is 1. The van der Waals surface area contributed by atoms with Gasteiger partial charge in [0.15, 0.2) is 0 Å². The second kappa shape index (κ2) is 25.1. The van der Waals surface area contributed by atoms with Crippen LogP contribution in [-0.4, -0.2) is 31.5 Å². The molecule has 1 aliphatic rings. The number of nitrogens with one attached hydrogen (secondary N) is 1. The van der Waals surface area contributed by atoms with Crippen LogP contribution in [0.1, 0.15) is 151 Å². The maximum absolute atomic E-state index is 4.60. The molecule has 0 bridgehead atoms. The fraction of sp³-hybridized carbons (Fsp3) is 0.392. The van der Waals surface area contributed by atoms with Crippen molar-refractivity contribution in [1.29, 1.82) is 0 Å². The summed E-state index contributed by atoms with van der Waals surface area (Å²) in [5.41, 5.74) is 7.92. The van der Waals surface area contributed by atoms with Gasteiger partial charge in [0, 0.05) is 47.3 Å². The van der Waals surface area contributed by atoms with Crippen molar-refractivity contribution in [2.75, 3.05) is 11.9 Å². The van der Waals surface area contributed by atoms with Gasteiger partial charge < -0.3 is 5.32 Å². The lowest BCUT2D eigenvalue weighted by Gasteiger charge is -2.18. The molecule has 0 saturated carbocycles.